The van der Waals surface area contributed by atoms with Crippen molar-refractivity contribution < 1.29 is 14.3 Å². The van der Waals surface area contributed by atoms with Crippen LogP contribution in [0.4, 0.5) is 0 Å². The van der Waals surface area contributed by atoms with Crippen molar-refractivity contribution in [1.29, 1.82) is 0 Å². The fourth-order valence-electron chi connectivity index (χ4n) is 2.45. The van der Waals surface area contributed by atoms with Gasteiger partial charge in [0, 0.05) is 23.0 Å². The number of carbonyl (C=O) groups excluding carboxylic acids is 2. The number of hydrogen-bond donors (Lipinski definition) is 0. The largest absolute Gasteiger partial charge is 0.388 e. The molecule has 0 spiro atoms. The third-order valence-corrected chi connectivity index (χ3v) is 3.11. The Kier molecular flexibility index (Phi) is 2.04. The van der Waals surface area contributed by atoms with Gasteiger partial charge in [-0.25, -0.2) is 4.79 Å². The second-order valence-corrected chi connectivity index (χ2v) is 4.03. The summed E-state index contributed by atoms with van der Waals surface area (Å²) < 4.78 is 6.59. The Balaban J connectivity index is 2.42. The number of nitrogens with zero attached hydrogens (tertiary/aromatic N) is 1. The molecule has 0 amide bonds. The summed E-state index contributed by atoms with van der Waals surface area (Å²) in [5.41, 5.74) is 2.30. The quantitative estimate of drug-likeness (QED) is 0.554. The molecule has 1 aromatic heterocycles. The van der Waals surface area contributed by atoms with E-state index in [1.54, 1.807) is 0 Å². The molecule has 3 rings (SSSR count). The van der Waals surface area contributed by atoms with E-state index >= 15 is 0 Å². The molecule has 0 saturated carbocycles. The van der Waals surface area contributed by atoms with Gasteiger partial charge in [0.15, 0.2) is 0 Å². The zero-order chi connectivity index (χ0) is 12.0. The van der Waals surface area contributed by atoms with Crippen molar-refractivity contribution in [3.63, 3.8) is 0 Å². The first-order valence-electron chi connectivity index (χ1n) is 5.57. The van der Waals surface area contributed by atoms with E-state index in [1.165, 1.54) is 0 Å². The molecule has 2 aromatic rings. The lowest BCUT2D eigenvalue weighted by atomic mass is 10.1. The Hall–Kier alpha value is -2.10. The average molecular weight is 229 g/mol. The molecule has 0 saturated heterocycles. The van der Waals surface area contributed by atoms with Crippen LogP contribution in [0.2, 0.25) is 0 Å². The lowest BCUT2D eigenvalue weighted by molar-refractivity contribution is -0.137. The minimum atomic E-state index is -0.533. The van der Waals surface area contributed by atoms with Crippen LogP contribution >= 0.6 is 0 Å². The van der Waals surface area contributed by atoms with E-state index in [-0.39, 0.29) is 6.42 Å². The Morgan fingerprint density at radius 1 is 1.29 bits per heavy atom. The van der Waals surface area contributed by atoms with E-state index in [0.29, 0.717) is 12.2 Å². The minimum absolute atomic E-state index is 0.175. The first kappa shape index (κ1) is 10.1. The summed E-state index contributed by atoms with van der Waals surface area (Å²) >= 11 is 0. The summed E-state index contributed by atoms with van der Waals surface area (Å²) in [6, 6.07) is 7.72. The van der Waals surface area contributed by atoms with Crippen molar-refractivity contribution in [3.05, 3.63) is 35.5 Å². The Bertz CT molecular complexity index is 639. The van der Waals surface area contributed by atoms with Gasteiger partial charge >= 0.3 is 11.9 Å². The number of cyclic esters (lactones) is 2. The lowest BCUT2D eigenvalue weighted by Crippen LogP contribution is -2.24. The number of rotatable bonds is 1. The molecule has 0 N–H and O–H groups in total. The molecule has 1 aliphatic rings. The molecule has 1 aliphatic heterocycles. The van der Waals surface area contributed by atoms with Gasteiger partial charge in [0.25, 0.3) is 0 Å². The number of aromatic nitrogens is 1. The number of esters is 2. The van der Waals surface area contributed by atoms with Crippen LogP contribution in [0.3, 0.4) is 0 Å². The molecule has 4 nitrogen and oxygen atoms in total. The van der Waals surface area contributed by atoms with Gasteiger partial charge in [0.05, 0.1) is 6.42 Å². The predicted octanol–water partition coefficient (Wildman–Crippen LogP) is 1.90. The van der Waals surface area contributed by atoms with E-state index in [0.717, 1.165) is 16.5 Å². The van der Waals surface area contributed by atoms with Crippen LogP contribution in [0.1, 0.15) is 23.0 Å². The highest BCUT2D eigenvalue weighted by molar-refractivity contribution is 6.07. The predicted molar refractivity (Wildman–Crippen MR) is 61.7 cm³/mol. The van der Waals surface area contributed by atoms with Crippen LogP contribution in [0, 0.1) is 0 Å². The van der Waals surface area contributed by atoms with Crippen molar-refractivity contribution in [1.82, 2.24) is 4.57 Å². The second-order valence-electron chi connectivity index (χ2n) is 4.03. The maximum Gasteiger partial charge on any atom is 0.362 e. The van der Waals surface area contributed by atoms with Gasteiger partial charge < -0.3 is 9.30 Å². The van der Waals surface area contributed by atoms with Gasteiger partial charge in [-0.15, -0.1) is 0 Å². The first-order valence-corrected chi connectivity index (χ1v) is 5.57. The molecule has 0 aliphatic carbocycles. The minimum Gasteiger partial charge on any atom is -0.388 e. The van der Waals surface area contributed by atoms with Gasteiger partial charge in [-0.05, 0) is 13.0 Å². The third-order valence-electron chi connectivity index (χ3n) is 3.11. The average Bonchev–Trinajstić information content (AvgIpc) is 2.63. The fraction of sp³-hybridized carbons (Fsp3) is 0.231. The molecule has 0 bridgehead atoms. The van der Waals surface area contributed by atoms with Crippen LogP contribution in [0.15, 0.2) is 24.3 Å². The van der Waals surface area contributed by atoms with E-state index in [4.69, 9.17) is 0 Å². The van der Waals surface area contributed by atoms with Crippen LogP contribution < -0.4 is 0 Å². The van der Waals surface area contributed by atoms with E-state index in [9.17, 15) is 9.59 Å². The monoisotopic (exact) mass is 229 g/mol. The SMILES string of the molecule is CCn1c2c(c3ccccc31)CC(=O)OC2=O. The standard InChI is InChI=1S/C13H11NO3/c1-2-14-10-6-4-3-5-8(10)9-7-11(15)17-13(16)12(9)14/h3-6H,2,7H2,1H3. The molecule has 0 fully saturated rings. The summed E-state index contributed by atoms with van der Waals surface area (Å²) in [4.78, 5) is 23.1. The zero-order valence-corrected chi connectivity index (χ0v) is 9.40. The number of fused-ring (bicyclic) bond motifs is 3. The number of aryl methyl sites for hydroxylation is 1. The number of benzene rings is 1. The summed E-state index contributed by atoms with van der Waals surface area (Å²) in [5.74, 6) is -1.00. The molecule has 0 atom stereocenters. The topological polar surface area (TPSA) is 48.3 Å². The van der Waals surface area contributed by atoms with E-state index in [2.05, 4.69) is 4.74 Å². The Morgan fingerprint density at radius 2 is 2.06 bits per heavy atom. The molecule has 4 heteroatoms. The number of para-hydroxylation sites is 1. The molecule has 2 heterocycles. The summed E-state index contributed by atoms with van der Waals surface area (Å²) in [7, 11) is 0. The van der Waals surface area contributed by atoms with Gasteiger partial charge in [0.2, 0.25) is 0 Å². The molecule has 0 radical (unpaired) electrons. The van der Waals surface area contributed by atoms with Gasteiger partial charge in [0.1, 0.15) is 5.69 Å². The van der Waals surface area contributed by atoms with Gasteiger partial charge in [-0.3, -0.25) is 4.79 Å². The number of ether oxygens (including phenoxy) is 1. The molecule has 17 heavy (non-hydrogen) atoms. The number of hydrogen-bond acceptors (Lipinski definition) is 3. The summed E-state index contributed by atoms with van der Waals surface area (Å²) in [6.07, 6.45) is 0.175. The molecule has 1 aromatic carbocycles. The van der Waals surface area contributed by atoms with E-state index < -0.39 is 11.9 Å². The van der Waals surface area contributed by atoms with Crippen molar-refractivity contribution in [2.75, 3.05) is 0 Å². The van der Waals surface area contributed by atoms with Crippen molar-refractivity contribution in [2.24, 2.45) is 0 Å². The molecule has 86 valence electrons. The normalized spacial score (nSPS) is 14.9. The summed E-state index contributed by atoms with van der Waals surface area (Å²) in [5, 5.41) is 0.967. The van der Waals surface area contributed by atoms with Crippen LogP contribution in [-0.2, 0) is 22.5 Å². The number of carbonyl (C=O) groups is 2. The van der Waals surface area contributed by atoms with Crippen molar-refractivity contribution in [2.45, 2.75) is 19.9 Å². The second kappa shape index (κ2) is 3.45. The Labute approximate surface area is 97.8 Å². The maximum atomic E-state index is 11.8. The van der Waals surface area contributed by atoms with Gasteiger partial charge in [-0.2, -0.15) is 0 Å². The zero-order valence-electron chi connectivity index (χ0n) is 9.40. The van der Waals surface area contributed by atoms with Crippen molar-refractivity contribution in [3.8, 4) is 0 Å². The molecular formula is C13H11NO3. The maximum absolute atomic E-state index is 11.8. The lowest BCUT2D eigenvalue weighted by Gasteiger charge is -2.12. The first-order chi connectivity index (χ1) is 8.22. The smallest absolute Gasteiger partial charge is 0.362 e. The highest BCUT2D eigenvalue weighted by Crippen LogP contribution is 2.30. The van der Waals surface area contributed by atoms with Gasteiger partial charge in [-0.1, -0.05) is 18.2 Å². The van der Waals surface area contributed by atoms with Crippen LogP contribution in [0.25, 0.3) is 10.9 Å². The molecule has 0 unspecified atom stereocenters. The highest BCUT2D eigenvalue weighted by atomic mass is 16.6. The van der Waals surface area contributed by atoms with Crippen LogP contribution in [0.5, 0.6) is 0 Å². The fourth-order valence-corrected chi connectivity index (χ4v) is 2.45. The van der Waals surface area contributed by atoms with Crippen LogP contribution in [-0.4, -0.2) is 16.5 Å². The Morgan fingerprint density at radius 3 is 2.82 bits per heavy atom. The molecular weight excluding hydrogens is 218 g/mol. The van der Waals surface area contributed by atoms with E-state index in [1.807, 2.05) is 35.8 Å². The third kappa shape index (κ3) is 1.30. The van der Waals surface area contributed by atoms with Crippen molar-refractivity contribution >= 4 is 22.8 Å². The summed E-state index contributed by atoms with van der Waals surface area (Å²) in [6.45, 7) is 2.65. The highest BCUT2D eigenvalue weighted by Gasteiger charge is 2.30.